The molecule has 3 aliphatic rings. The van der Waals surface area contributed by atoms with Crippen LogP contribution in [0.15, 0.2) is 66.7 Å². The maximum atomic E-state index is 12.7. The predicted octanol–water partition coefficient (Wildman–Crippen LogP) is 2.80. The fourth-order valence-corrected chi connectivity index (χ4v) is 3.99. The third-order valence-corrected chi connectivity index (χ3v) is 5.14. The summed E-state index contributed by atoms with van der Waals surface area (Å²) in [5, 5.41) is 0. The van der Waals surface area contributed by atoms with Gasteiger partial charge in [0.15, 0.2) is 0 Å². The van der Waals surface area contributed by atoms with Gasteiger partial charge in [0.2, 0.25) is 11.8 Å². The van der Waals surface area contributed by atoms with Crippen molar-refractivity contribution in [1.29, 1.82) is 0 Å². The number of benzene rings is 2. The van der Waals surface area contributed by atoms with E-state index in [0.29, 0.717) is 5.69 Å². The standard InChI is InChI=1S/C20H15NO3/c22-19-17-15-10-11-16(24-15)18(17)20(23)21(19)14-8-6-13(7-9-14)12-4-2-1-3-5-12/h1-11,15-18H/t15-,16-,17-,18+/m0/s1. The highest BCUT2D eigenvalue weighted by Gasteiger charge is 2.60. The lowest BCUT2D eigenvalue weighted by atomic mass is 9.85. The van der Waals surface area contributed by atoms with Gasteiger partial charge in [0.25, 0.3) is 0 Å². The average molecular weight is 317 g/mol. The van der Waals surface area contributed by atoms with Crippen LogP contribution in [0.5, 0.6) is 0 Å². The van der Waals surface area contributed by atoms with E-state index >= 15 is 0 Å². The van der Waals surface area contributed by atoms with E-state index in [-0.39, 0.29) is 35.9 Å². The number of anilines is 1. The Kier molecular flexibility index (Phi) is 2.79. The lowest BCUT2D eigenvalue weighted by molar-refractivity contribution is -0.124. The third-order valence-electron chi connectivity index (χ3n) is 5.14. The molecule has 0 unspecified atom stereocenters. The molecule has 3 heterocycles. The van der Waals surface area contributed by atoms with Gasteiger partial charge in [-0.05, 0) is 23.3 Å². The molecule has 0 aromatic heterocycles. The van der Waals surface area contributed by atoms with Crippen molar-refractivity contribution >= 4 is 17.5 Å². The summed E-state index contributed by atoms with van der Waals surface area (Å²) in [7, 11) is 0. The van der Waals surface area contributed by atoms with Crippen LogP contribution in [0.25, 0.3) is 11.1 Å². The molecule has 4 heteroatoms. The van der Waals surface area contributed by atoms with E-state index in [9.17, 15) is 9.59 Å². The molecule has 2 amide bonds. The normalized spacial score (nSPS) is 30.2. The summed E-state index contributed by atoms with van der Waals surface area (Å²) in [6.45, 7) is 0. The smallest absolute Gasteiger partial charge is 0.240 e. The summed E-state index contributed by atoms with van der Waals surface area (Å²) >= 11 is 0. The maximum absolute atomic E-state index is 12.7. The molecule has 5 rings (SSSR count). The minimum absolute atomic E-state index is 0.144. The predicted molar refractivity (Wildman–Crippen MR) is 89.2 cm³/mol. The number of carbonyl (C=O) groups is 2. The maximum Gasteiger partial charge on any atom is 0.240 e. The first-order chi connectivity index (χ1) is 11.7. The minimum atomic E-state index is -0.360. The van der Waals surface area contributed by atoms with Gasteiger partial charge in [-0.25, -0.2) is 4.90 Å². The zero-order chi connectivity index (χ0) is 16.3. The van der Waals surface area contributed by atoms with Crippen LogP contribution in [0.4, 0.5) is 5.69 Å². The number of fused-ring (bicyclic) bond motifs is 5. The van der Waals surface area contributed by atoms with Crippen molar-refractivity contribution in [1.82, 2.24) is 0 Å². The van der Waals surface area contributed by atoms with Gasteiger partial charge in [0, 0.05) is 0 Å². The Hall–Kier alpha value is -2.72. The Bertz CT molecular complexity index is 826. The van der Waals surface area contributed by atoms with Crippen molar-refractivity contribution in [2.75, 3.05) is 4.90 Å². The van der Waals surface area contributed by atoms with Crippen LogP contribution in [0, 0.1) is 11.8 Å². The van der Waals surface area contributed by atoms with Crippen LogP contribution in [-0.2, 0) is 14.3 Å². The van der Waals surface area contributed by atoms with E-state index in [0.717, 1.165) is 11.1 Å². The second-order valence-corrected chi connectivity index (χ2v) is 6.43. The van der Waals surface area contributed by atoms with E-state index in [1.165, 1.54) is 4.90 Å². The van der Waals surface area contributed by atoms with Gasteiger partial charge in [-0.2, -0.15) is 0 Å². The second-order valence-electron chi connectivity index (χ2n) is 6.43. The number of carbonyl (C=O) groups excluding carboxylic acids is 2. The summed E-state index contributed by atoms with van der Waals surface area (Å²) in [4.78, 5) is 26.8. The van der Waals surface area contributed by atoms with Gasteiger partial charge in [-0.15, -0.1) is 0 Å². The number of hydrogen-bond donors (Lipinski definition) is 0. The van der Waals surface area contributed by atoms with Crippen molar-refractivity contribution in [2.45, 2.75) is 12.2 Å². The number of nitrogens with zero attached hydrogens (tertiary/aromatic N) is 1. The molecular formula is C20H15NO3. The van der Waals surface area contributed by atoms with Gasteiger partial charge < -0.3 is 4.74 Å². The molecule has 2 bridgehead atoms. The Morgan fingerprint density at radius 2 is 1.25 bits per heavy atom. The van der Waals surface area contributed by atoms with Crippen molar-refractivity contribution in [3.63, 3.8) is 0 Å². The van der Waals surface area contributed by atoms with Crippen LogP contribution in [-0.4, -0.2) is 24.0 Å². The van der Waals surface area contributed by atoms with E-state index in [1.807, 2.05) is 66.7 Å². The first-order valence-electron chi connectivity index (χ1n) is 8.11. The zero-order valence-electron chi connectivity index (χ0n) is 12.8. The second kappa shape index (κ2) is 4.89. The molecule has 2 fully saturated rings. The van der Waals surface area contributed by atoms with Crippen LogP contribution in [0.2, 0.25) is 0 Å². The van der Waals surface area contributed by atoms with E-state index < -0.39 is 0 Å². The number of amides is 2. The average Bonchev–Trinajstić information content (AvgIpc) is 3.30. The van der Waals surface area contributed by atoms with Crippen LogP contribution < -0.4 is 4.90 Å². The van der Waals surface area contributed by atoms with Gasteiger partial charge in [0.1, 0.15) is 0 Å². The van der Waals surface area contributed by atoms with E-state index in [2.05, 4.69) is 0 Å². The summed E-state index contributed by atoms with van der Waals surface area (Å²) in [5.41, 5.74) is 2.80. The molecule has 0 aliphatic carbocycles. The lowest BCUT2D eigenvalue weighted by Crippen LogP contribution is -2.34. The summed E-state index contributed by atoms with van der Waals surface area (Å²) < 4.78 is 5.66. The molecule has 2 aromatic rings. The number of rotatable bonds is 2. The van der Waals surface area contributed by atoms with Gasteiger partial charge >= 0.3 is 0 Å². The quantitative estimate of drug-likeness (QED) is 0.632. The summed E-state index contributed by atoms with van der Waals surface area (Å²) in [5.74, 6) is -1.01. The van der Waals surface area contributed by atoms with Gasteiger partial charge in [0.05, 0.1) is 29.7 Å². The van der Waals surface area contributed by atoms with Crippen molar-refractivity contribution < 1.29 is 14.3 Å². The molecule has 0 saturated carbocycles. The molecule has 0 radical (unpaired) electrons. The summed E-state index contributed by atoms with van der Waals surface area (Å²) in [6, 6.07) is 17.6. The monoisotopic (exact) mass is 317 g/mol. The third kappa shape index (κ3) is 1.77. The van der Waals surface area contributed by atoms with E-state index in [4.69, 9.17) is 4.74 Å². The first kappa shape index (κ1) is 13.7. The highest BCUT2D eigenvalue weighted by atomic mass is 16.5. The molecule has 4 atom stereocenters. The Balaban J connectivity index is 1.47. The number of hydrogen-bond acceptors (Lipinski definition) is 3. The first-order valence-corrected chi connectivity index (χ1v) is 8.11. The van der Waals surface area contributed by atoms with Crippen molar-refractivity contribution in [3.8, 4) is 11.1 Å². The van der Waals surface area contributed by atoms with E-state index in [1.54, 1.807) is 0 Å². The van der Waals surface area contributed by atoms with Crippen LogP contribution >= 0.6 is 0 Å². The SMILES string of the molecule is O=C1[C@@H]2[C@H](C(=O)N1c1ccc(-c3ccccc3)cc1)[C@@H]1C=C[C@@H]2O1. The Morgan fingerprint density at radius 1 is 0.708 bits per heavy atom. The Morgan fingerprint density at radius 3 is 1.83 bits per heavy atom. The molecule has 3 aliphatic heterocycles. The topological polar surface area (TPSA) is 46.6 Å². The van der Waals surface area contributed by atoms with Crippen molar-refractivity contribution in [2.24, 2.45) is 11.8 Å². The fourth-order valence-electron chi connectivity index (χ4n) is 3.99. The Labute approximate surface area is 139 Å². The molecule has 0 spiro atoms. The minimum Gasteiger partial charge on any atom is -0.365 e. The van der Waals surface area contributed by atoms with Crippen molar-refractivity contribution in [3.05, 3.63) is 66.7 Å². The number of ether oxygens (including phenoxy) is 1. The molecule has 2 aromatic carbocycles. The molecule has 118 valence electrons. The molecule has 0 N–H and O–H groups in total. The number of imide groups is 1. The molecule has 4 nitrogen and oxygen atoms in total. The van der Waals surface area contributed by atoms with Gasteiger partial charge in [-0.3, -0.25) is 9.59 Å². The largest absolute Gasteiger partial charge is 0.365 e. The summed E-state index contributed by atoms with van der Waals surface area (Å²) in [6.07, 6.45) is 3.31. The molecular weight excluding hydrogens is 302 g/mol. The zero-order valence-corrected chi connectivity index (χ0v) is 12.8. The molecule has 2 saturated heterocycles. The highest BCUT2D eigenvalue weighted by molar-refractivity contribution is 6.23. The van der Waals surface area contributed by atoms with Gasteiger partial charge in [-0.1, -0.05) is 54.6 Å². The van der Waals surface area contributed by atoms with Crippen LogP contribution in [0.1, 0.15) is 0 Å². The highest BCUT2D eigenvalue weighted by Crippen LogP contribution is 2.46. The lowest BCUT2D eigenvalue weighted by Gasteiger charge is -2.18. The fraction of sp³-hybridized carbons (Fsp3) is 0.200. The van der Waals surface area contributed by atoms with Crippen LogP contribution in [0.3, 0.4) is 0 Å². The molecule has 24 heavy (non-hydrogen) atoms.